The van der Waals surface area contributed by atoms with E-state index in [-0.39, 0.29) is 0 Å². The van der Waals surface area contributed by atoms with E-state index in [1.54, 1.807) is 5.55 Å². The SMILES string of the molecule is O=C=N[SH]1C=NCC1. The van der Waals surface area contributed by atoms with Crippen molar-refractivity contribution in [3.8, 4) is 0 Å². The highest BCUT2D eigenvalue weighted by Crippen LogP contribution is 2.25. The number of rotatable bonds is 1. The predicted molar refractivity (Wildman–Crippen MR) is 35.3 cm³/mol. The normalized spacial score (nSPS) is 29.8. The van der Waals surface area contributed by atoms with E-state index in [0.29, 0.717) is 0 Å². The average molecular weight is 130 g/mol. The van der Waals surface area contributed by atoms with Crippen LogP contribution < -0.4 is 0 Å². The van der Waals surface area contributed by atoms with Crippen LogP contribution in [0.4, 0.5) is 0 Å². The molecule has 0 saturated carbocycles. The Hall–Kier alpha value is -0.600. The number of isocyanates is 1. The molecule has 0 aliphatic carbocycles. The molecule has 0 saturated heterocycles. The van der Waals surface area contributed by atoms with E-state index in [0.717, 1.165) is 12.3 Å². The zero-order valence-corrected chi connectivity index (χ0v) is 5.14. The molecule has 0 N–H and O–H groups in total. The van der Waals surface area contributed by atoms with Crippen molar-refractivity contribution >= 4 is 22.7 Å². The summed E-state index contributed by atoms with van der Waals surface area (Å²) in [5.74, 6) is 0.935. The molecule has 0 aromatic rings. The van der Waals surface area contributed by atoms with Gasteiger partial charge in [-0.1, -0.05) is 0 Å². The molecule has 8 heavy (non-hydrogen) atoms. The van der Waals surface area contributed by atoms with Gasteiger partial charge in [0, 0.05) is 12.3 Å². The Morgan fingerprint density at radius 2 is 2.75 bits per heavy atom. The lowest BCUT2D eigenvalue weighted by molar-refractivity contribution is 0.566. The van der Waals surface area contributed by atoms with Crippen LogP contribution in [0.25, 0.3) is 0 Å². The van der Waals surface area contributed by atoms with Crippen molar-refractivity contribution in [3.63, 3.8) is 0 Å². The number of aliphatic imine (C=N–C) groups is 1. The molecule has 44 valence electrons. The van der Waals surface area contributed by atoms with Gasteiger partial charge in [-0.2, -0.15) is 4.40 Å². The molecule has 4 heteroatoms. The Labute approximate surface area is 50.0 Å². The van der Waals surface area contributed by atoms with Crippen molar-refractivity contribution in [1.82, 2.24) is 0 Å². The summed E-state index contributed by atoms with van der Waals surface area (Å²) in [5.41, 5.74) is 1.75. The number of hydrogen-bond acceptors (Lipinski definition) is 3. The summed E-state index contributed by atoms with van der Waals surface area (Å²) < 4.78 is 3.53. The average Bonchev–Trinajstić information content (AvgIpc) is 2.19. The van der Waals surface area contributed by atoms with Crippen LogP contribution in [0.15, 0.2) is 9.39 Å². The maximum atomic E-state index is 9.62. The molecule has 1 unspecified atom stereocenters. The van der Waals surface area contributed by atoms with Gasteiger partial charge in [0.2, 0.25) is 6.08 Å². The maximum Gasteiger partial charge on any atom is 0.245 e. The first-order valence-corrected chi connectivity index (χ1v) is 3.83. The molecular weight excluding hydrogens is 124 g/mol. The topological polar surface area (TPSA) is 41.8 Å². The number of thiol groups is 1. The Balaban J connectivity index is 2.48. The number of hydrogen-bond donors (Lipinski definition) is 1. The van der Waals surface area contributed by atoms with Gasteiger partial charge >= 0.3 is 0 Å². The van der Waals surface area contributed by atoms with Crippen LogP contribution in [0.5, 0.6) is 0 Å². The summed E-state index contributed by atoms with van der Waals surface area (Å²) in [4.78, 5) is 13.5. The van der Waals surface area contributed by atoms with Crippen molar-refractivity contribution in [2.24, 2.45) is 9.39 Å². The van der Waals surface area contributed by atoms with Gasteiger partial charge in [-0.25, -0.2) is 4.79 Å². The summed E-state index contributed by atoms with van der Waals surface area (Å²) in [6.45, 7) is 0.830. The molecule has 0 amide bonds. The van der Waals surface area contributed by atoms with E-state index in [2.05, 4.69) is 9.39 Å². The third-order valence-electron chi connectivity index (χ3n) is 0.842. The molecule has 0 fully saturated rings. The van der Waals surface area contributed by atoms with Crippen LogP contribution in [-0.2, 0) is 4.79 Å². The third kappa shape index (κ3) is 1.18. The van der Waals surface area contributed by atoms with Crippen molar-refractivity contribution in [2.45, 2.75) is 0 Å². The maximum absolute atomic E-state index is 9.62. The smallest absolute Gasteiger partial charge is 0.245 e. The Morgan fingerprint density at radius 1 is 1.88 bits per heavy atom. The summed E-state index contributed by atoms with van der Waals surface area (Å²) >= 11 is -0.535. The Kier molecular flexibility index (Phi) is 1.83. The quantitative estimate of drug-likeness (QED) is 0.309. The van der Waals surface area contributed by atoms with Crippen LogP contribution in [0, 0.1) is 0 Å². The first kappa shape index (κ1) is 5.54. The van der Waals surface area contributed by atoms with Gasteiger partial charge in [-0.05, 0) is 0 Å². The van der Waals surface area contributed by atoms with Crippen LogP contribution in [0.1, 0.15) is 0 Å². The second kappa shape index (κ2) is 2.64. The third-order valence-corrected chi connectivity index (χ3v) is 2.27. The lowest BCUT2D eigenvalue weighted by atomic mass is 10.8. The van der Waals surface area contributed by atoms with E-state index in [4.69, 9.17) is 0 Å². The van der Waals surface area contributed by atoms with Crippen molar-refractivity contribution < 1.29 is 4.79 Å². The fourth-order valence-corrected chi connectivity index (χ4v) is 1.49. The first-order chi connectivity index (χ1) is 3.93. The number of carbonyl (C=O) groups excluding carboxylic acids is 1. The highest BCUT2D eigenvalue weighted by Gasteiger charge is 2.01. The van der Waals surface area contributed by atoms with Gasteiger partial charge in [0.25, 0.3) is 0 Å². The predicted octanol–water partition coefficient (Wildman–Crippen LogP) is 0.280. The van der Waals surface area contributed by atoms with Gasteiger partial charge < -0.3 is 0 Å². The van der Waals surface area contributed by atoms with Gasteiger partial charge in [0.15, 0.2) is 0 Å². The highest BCUT2D eigenvalue weighted by atomic mass is 32.2. The molecule has 3 nitrogen and oxygen atoms in total. The first-order valence-electron chi connectivity index (χ1n) is 2.28. The molecule has 0 aromatic carbocycles. The molecule has 1 rings (SSSR count). The van der Waals surface area contributed by atoms with Crippen molar-refractivity contribution in [2.75, 3.05) is 12.3 Å². The summed E-state index contributed by atoms with van der Waals surface area (Å²) in [5, 5.41) is 0. The van der Waals surface area contributed by atoms with Crippen LogP contribution in [0.2, 0.25) is 0 Å². The highest BCUT2D eigenvalue weighted by molar-refractivity contribution is 8.27. The standard InChI is InChI=1S/C4H6N2OS/c7-3-6-8-2-1-5-4-8/h4,8H,1-2H2. The molecule has 1 heterocycles. The minimum absolute atomic E-state index is 0.535. The van der Waals surface area contributed by atoms with E-state index in [9.17, 15) is 4.79 Å². The monoisotopic (exact) mass is 130 g/mol. The zero-order chi connectivity index (χ0) is 5.82. The summed E-state index contributed by atoms with van der Waals surface area (Å²) in [6, 6.07) is 0. The lowest BCUT2D eigenvalue weighted by Crippen LogP contribution is -1.78. The van der Waals surface area contributed by atoms with Crippen molar-refractivity contribution in [1.29, 1.82) is 0 Å². The molecular formula is C4H6N2OS. The van der Waals surface area contributed by atoms with Gasteiger partial charge in [0.05, 0.1) is 5.55 Å². The zero-order valence-electron chi connectivity index (χ0n) is 4.24. The van der Waals surface area contributed by atoms with Crippen LogP contribution in [0.3, 0.4) is 0 Å². The molecule has 0 bridgehead atoms. The number of nitrogens with zero attached hydrogens (tertiary/aromatic N) is 2. The van der Waals surface area contributed by atoms with Gasteiger partial charge in [-0.3, -0.25) is 4.99 Å². The lowest BCUT2D eigenvalue weighted by Gasteiger charge is -1.94. The molecule has 1 aliphatic rings. The van der Waals surface area contributed by atoms with E-state index < -0.39 is 11.1 Å². The second-order valence-electron chi connectivity index (χ2n) is 1.38. The Morgan fingerprint density at radius 3 is 3.25 bits per heavy atom. The van der Waals surface area contributed by atoms with Gasteiger partial charge in [0.1, 0.15) is 0 Å². The minimum atomic E-state index is -0.535. The van der Waals surface area contributed by atoms with Gasteiger partial charge in [-0.15, -0.1) is 11.1 Å². The largest absolute Gasteiger partial charge is 0.286 e. The van der Waals surface area contributed by atoms with E-state index in [1.165, 1.54) is 6.08 Å². The van der Waals surface area contributed by atoms with Crippen LogP contribution in [-0.4, -0.2) is 23.9 Å². The second-order valence-corrected chi connectivity index (χ2v) is 3.13. The molecule has 0 aromatic heterocycles. The van der Waals surface area contributed by atoms with Crippen molar-refractivity contribution in [3.05, 3.63) is 0 Å². The summed E-state index contributed by atoms with van der Waals surface area (Å²) in [7, 11) is 0. The molecule has 1 aliphatic heterocycles. The summed E-state index contributed by atoms with van der Waals surface area (Å²) in [6.07, 6.45) is 1.52. The van der Waals surface area contributed by atoms with E-state index in [1.807, 2.05) is 0 Å². The fraction of sp³-hybridized carbons (Fsp3) is 0.500. The minimum Gasteiger partial charge on any atom is -0.286 e. The fourth-order valence-electron chi connectivity index (χ4n) is 0.498. The molecule has 0 radical (unpaired) electrons. The Bertz CT molecular complexity index is 150. The molecule has 0 spiro atoms. The molecule has 1 atom stereocenters. The van der Waals surface area contributed by atoms with Crippen LogP contribution >= 0.6 is 11.1 Å². The van der Waals surface area contributed by atoms with E-state index >= 15 is 0 Å².